The van der Waals surface area contributed by atoms with Crippen LogP contribution in [0.3, 0.4) is 0 Å². The lowest BCUT2D eigenvalue weighted by Gasteiger charge is -2.30. The first kappa shape index (κ1) is 23.9. The molecule has 9 nitrogen and oxygen atoms in total. The second-order valence-corrected chi connectivity index (χ2v) is 7.79. The predicted molar refractivity (Wildman–Crippen MR) is 127 cm³/mol. The normalized spacial score (nSPS) is 13.1. The number of halogens is 1. The summed E-state index contributed by atoms with van der Waals surface area (Å²) in [6.07, 6.45) is 3.85. The Labute approximate surface area is 194 Å². The van der Waals surface area contributed by atoms with Gasteiger partial charge in [0.15, 0.2) is 0 Å². The number of nitrogens with zero attached hydrogens (tertiary/aromatic N) is 4. The van der Waals surface area contributed by atoms with Gasteiger partial charge >= 0.3 is 6.03 Å². The van der Waals surface area contributed by atoms with Gasteiger partial charge in [-0.25, -0.2) is 9.78 Å². The smallest absolute Gasteiger partial charge is 0.327 e. The maximum Gasteiger partial charge on any atom is 0.327 e. The van der Waals surface area contributed by atoms with Gasteiger partial charge < -0.3 is 19.7 Å². The first-order chi connectivity index (χ1) is 15.5. The van der Waals surface area contributed by atoms with E-state index in [1.165, 1.54) is 12.0 Å². The fraction of sp³-hybridized carbons (Fsp3) is 0.500. The Morgan fingerprint density at radius 3 is 2.69 bits per heavy atom. The summed E-state index contributed by atoms with van der Waals surface area (Å²) in [5, 5.41) is 6.40. The first-order valence-corrected chi connectivity index (χ1v) is 11.2. The van der Waals surface area contributed by atoms with Gasteiger partial charge in [-0.1, -0.05) is 25.4 Å². The monoisotopic (exact) mass is 462 g/mol. The molecule has 0 bridgehead atoms. The molecule has 2 aromatic rings. The highest BCUT2D eigenvalue weighted by Gasteiger charge is 2.28. The molecule has 2 amide bonds. The zero-order valence-corrected chi connectivity index (χ0v) is 19.8. The van der Waals surface area contributed by atoms with Crippen molar-refractivity contribution in [1.82, 2.24) is 14.9 Å². The third-order valence-corrected chi connectivity index (χ3v) is 5.86. The summed E-state index contributed by atoms with van der Waals surface area (Å²) in [7, 11) is 3.06. The first-order valence-electron chi connectivity index (χ1n) is 10.8. The Hall–Kier alpha value is -2.78. The maximum atomic E-state index is 12.8. The topological polar surface area (TPSA) is 91.9 Å². The van der Waals surface area contributed by atoms with Crippen LogP contribution in [0.2, 0.25) is 5.02 Å². The Balaban J connectivity index is 1.66. The van der Waals surface area contributed by atoms with Crippen LogP contribution in [0.5, 0.6) is 11.5 Å². The number of nitrogens with one attached hydrogen (secondary N) is 2. The highest BCUT2D eigenvalue weighted by Crippen LogP contribution is 2.40. The Morgan fingerprint density at radius 1 is 1.22 bits per heavy atom. The van der Waals surface area contributed by atoms with Crippen LogP contribution in [0.4, 0.5) is 22.2 Å². The van der Waals surface area contributed by atoms with Crippen molar-refractivity contribution in [3.8, 4) is 11.5 Å². The molecule has 1 aromatic carbocycles. The number of aromatic nitrogens is 2. The molecule has 10 heteroatoms. The van der Waals surface area contributed by atoms with Gasteiger partial charge in [0.2, 0.25) is 5.95 Å². The quantitative estimate of drug-likeness (QED) is 0.482. The van der Waals surface area contributed by atoms with E-state index in [-0.39, 0.29) is 12.6 Å². The molecule has 174 valence electrons. The molecule has 3 rings (SSSR count). The largest absolute Gasteiger partial charge is 0.497 e. The molecule has 1 aliphatic heterocycles. The average molecular weight is 463 g/mol. The maximum absolute atomic E-state index is 12.8. The minimum Gasteiger partial charge on any atom is -0.497 e. The van der Waals surface area contributed by atoms with E-state index in [2.05, 4.69) is 39.3 Å². The highest BCUT2D eigenvalue weighted by molar-refractivity contribution is 6.35. The predicted octanol–water partition coefficient (Wildman–Crippen LogP) is 4.23. The van der Waals surface area contributed by atoms with Crippen molar-refractivity contribution in [3.05, 3.63) is 28.9 Å². The van der Waals surface area contributed by atoms with Crippen LogP contribution in [0.1, 0.15) is 32.3 Å². The fourth-order valence-electron chi connectivity index (χ4n) is 3.54. The van der Waals surface area contributed by atoms with E-state index >= 15 is 0 Å². The summed E-state index contributed by atoms with van der Waals surface area (Å²) < 4.78 is 10.6. The molecule has 0 spiro atoms. The van der Waals surface area contributed by atoms with Gasteiger partial charge in [-0.05, 0) is 32.5 Å². The number of ether oxygens (including phenoxy) is 2. The van der Waals surface area contributed by atoms with Crippen molar-refractivity contribution in [2.24, 2.45) is 0 Å². The van der Waals surface area contributed by atoms with Gasteiger partial charge in [-0.2, -0.15) is 4.98 Å². The standard InChI is InChI=1S/C22H31ClN6O3/c1-5-28(6-2)10-8-7-9-24-21-25-13-15-14-29(22(30)27-20(15)26-21)17-11-16(31-3)12-18(32-4)19(17)23/h11-13H,5-10,14H2,1-4H3,(H2,24,25,26,27,30). The van der Waals surface area contributed by atoms with E-state index in [0.29, 0.717) is 34.0 Å². The van der Waals surface area contributed by atoms with Crippen molar-refractivity contribution in [1.29, 1.82) is 0 Å². The van der Waals surface area contributed by atoms with E-state index in [4.69, 9.17) is 21.1 Å². The van der Waals surface area contributed by atoms with E-state index in [1.807, 2.05) is 0 Å². The molecule has 0 saturated heterocycles. The fourth-order valence-corrected chi connectivity index (χ4v) is 3.83. The molecule has 0 radical (unpaired) electrons. The molecule has 32 heavy (non-hydrogen) atoms. The molecular weight excluding hydrogens is 432 g/mol. The number of amides is 2. The van der Waals surface area contributed by atoms with Gasteiger partial charge in [-0.3, -0.25) is 10.2 Å². The van der Waals surface area contributed by atoms with E-state index in [0.717, 1.165) is 44.6 Å². The zero-order valence-electron chi connectivity index (χ0n) is 19.1. The third kappa shape index (κ3) is 5.52. The second kappa shape index (κ2) is 11.2. The Bertz CT molecular complexity index is 938. The number of carbonyl (C=O) groups excluding carboxylic acids is 1. The number of anilines is 3. The SMILES string of the molecule is CCN(CC)CCCCNc1ncc2c(n1)NC(=O)N(c1cc(OC)cc(OC)c1Cl)C2. The second-order valence-electron chi connectivity index (χ2n) is 7.41. The van der Waals surface area contributed by atoms with Gasteiger partial charge in [0.1, 0.15) is 22.3 Å². The lowest BCUT2D eigenvalue weighted by Crippen LogP contribution is -2.39. The number of rotatable bonds is 11. The van der Waals surface area contributed by atoms with Crippen LogP contribution in [0.15, 0.2) is 18.3 Å². The molecule has 0 fully saturated rings. The summed E-state index contributed by atoms with van der Waals surface area (Å²) in [5.41, 5.74) is 1.27. The lowest BCUT2D eigenvalue weighted by molar-refractivity contribution is 0.256. The number of urea groups is 1. The molecular formula is C22H31ClN6O3. The molecule has 0 saturated carbocycles. The third-order valence-electron chi connectivity index (χ3n) is 5.48. The molecule has 0 aliphatic carbocycles. The molecule has 2 heterocycles. The molecule has 2 N–H and O–H groups in total. The number of hydrogen-bond acceptors (Lipinski definition) is 7. The van der Waals surface area contributed by atoms with Gasteiger partial charge in [0.25, 0.3) is 0 Å². The number of fused-ring (bicyclic) bond motifs is 1. The van der Waals surface area contributed by atoms with Crippen LogP contribution in [-0.2, 0) is 6.54 Å². The van der Waals surface area contributed by atoms with Crippen LogP contribution in [0, 0.1) is 0 Å². The summed E-state index contributed by atoms with van der Waals surface area (Å²) in [5.74, 6) is 1.97. The van der Waals surface area contributed by atoms with E-state index in [1.54, 1.807) is 25.4 Å². The Morgan fingerprint density at radius 2 is 2.00 bits per heavy atom. The highest BCUT2D eigenvalue weighted by atomic mass is 35.5. The minimum atomic E-state index is -0.335. The van der Waals surface area contributed by atoms with Gasteiger partial charge in [-0.15, -0.1) is 0 Å². The average Bonchev–Trinajstić information content (AvgIpc) is 2.81. The van der Waals surface area contributed by atoms with Crippen molar-refractivity contribution in [2.75, 3.05) is 55.9 Å². The zero-order chi connectivity index (χ0) is 23.1. The lowest BCUT2D eigenvalue weighted by atomic mass is 10.2. The number of methoxy groups -OCH3 is 2. The molecule has 1 aliphatic rings. The van der Waals surface area contributed by atoms with Crippen LogP contribution >= 0.6 is 11.6 Å². The minimum absolute atomic E-state index is 0.279. The van der Waals surface area contributed by atoms with Gasteiger partial charge in [0, 0.05) is 30.4 Å². The Kier molecular flexibility index (Phi) is 8.35. The summed E-state index contributed by atoms with van der Waals surface area (Å²) in [4.78, 5) is 25.6. The summed E-state index contributed by atoms with van der Waals surface area (Å²) in [6.45, 7) is 8.64. The number of unbranched alkanes of at least 4 members (excludes halogenated alkanes) is 1. The van der Waals surface area contributed by atoms with Crippen molar-refractivity contribution in [3.63, 3.8) is 0 Å². The van der Waals surface area contributed by atoms with Crippen molar-refractivity contribution >= 4 is 35.1 Å². The molecule has 0 atom stereocenters. The summed E-state index contributed by atoms with van der Waals surface area (Å²) >= 11 is 6.46. The number of carbonyl (C=O) groups is 1. The van der Waals surface area contributed by atoms with Crippen LogP contribution < -0.4 is 25.0 Å². The van der Waals surface area contributed by atoms with E-state index in [9.17, 15) is 4.79 Å². The van der Waals surface area contributed by atoms with Crippen molar-refractivity contribution in [2.45, 2.75) is 33.2 Å². The molecule has 1 aromatic heterocycles. The molecule has 0 unspecified atom stereocenters. The van der Waals surface area contributed by atoms with Gasteiger partial charge in [0.05, 0.1) is 26.5 Å². The summed E-state index contributed by atoms with van der Waals surface area (Å²) in [6, 6.07) is 3.04. The number of benzene rings is 1. The number of hydrogen-bond donors (Lipinski definition) is 2. The van der Waals surface area contributed by atoms with E-state index < -0.39 is 0 Å². The van der Waals surface area contributed by atoms with Crippen LogP contribution in [0.25, 0.3) is 0 Å². The van der Waals surface area contributed by atoms with Crippen molar-refractivity contribution < 1.29 is 14.3 Å². The van der Waals surface area contributed by atoms with Crippen LogP contribution in [-0.4, -0.2) is 61.3 Å².